The van der Waals surface area contributed by atoms with Gasteiger partial charge in [0.1, 0.15) is 0 Å². The molecule has 2 N–H and O–H groups in total. The van der Waals surface area contributed by atoms with E-state index in [0.29, 0.717) is 0 Å². The van der Waals surface area contributed by atoms with E-state index >= 15 is 0 Å². The van der Waals surface area contributed by atoms with Gasteiger partial charge < -0.3 is 5.11 Å². The first-order valence-corrected chi connectivity index (χ1v) is 5.31. The van der Waals surface area contributed by atoms with Crippen LogP contribution < -0.4 is 4.72 Å². The molecule has 0 aliphatic rings. The lowest BCUT2D eigenvalue weighted by Gasteiger charge is -2.01. The zero-order chi connectivity index (χ0) is 10.8. The number of anilines is 1. The Kier molecular flexibility index (Phi) is 2.65. The maximum Gasteiger partial charge on any atom is 0.356 e. The Balaban J connectivity index is 2.90. The molecule has 14 heavy (non-hydrogen) atoms. The molecule has 1 rings (SSSR count). The van der Waals surface area contributed by atoms with Crippen molar-refractivity contribution in [2.45, 2.75) is 0 Å². The molecule has 0 spiro atoms. The van der Waals surface area contributed by atoms with Crippen LogP contribution in [0.3, 0.4) is 0 Å². The molecule has 8 heteroatoms. The Morgan fingerprint density at radius 1 is 1.43 bits per heavy atom. The summed E-state index contributed by atoms with van der Waals surface area (Å²) in [6.07, 6.45) is 2.96. The van der Waals surface area contributed by atoms with Crippen LogP contribution in [0.1, 0.15) is 10.5 Å². The van der Waals surface area contributed by atoms with Gasteiger partial charge >= 0.3 is 5.97 Å². The largest absolute Gasteiger partial charge is 0.476 e. The lowest BCUT2D eigenvalue weighted by Crippen LogP contribution is -2.12. The quantitative estimate of drug-likeness (QED) is 0.709. The molecular formula is C6H7N3O4S. The normalized spacial score (nSPS) is 10.9. The molecule has 76 valence electrons. The third-order valence-electron chi connectivity index (χ3n) is 1.16. The minimum Gasteiger partial charge on any atom is -0.476 e. The monoisotopic (exact) mass is 217 g/mol. The fourth-order valence-corrected chi connectivity index (χ4v) is 1.17. The van der Waals surface area contributed by atoms with Gasteiger partial charge in [0, 0.05) is 0 Å². The van der Waals surface area contributed by atoms with E-state index < -0.39 is 16.0 Å². The second-order valence-electron chi connectivity index (χ2n) is 2.47. The molecular weight excluding hydrogens is 210 g/mol. The topological polar surface area (TPSA) is 109 Å². The standard InChI is InChI=1S/C6H7N3O4S/c1-14(12,13)9-5-3-7-4(2-8-5)6(10)11/h2-3H,1H3,(H,8,9)(H,10,11). The van der Waals surface area contributed by atoms with Crippen molar-refractivity contribution in [3.63, 3.8) is 0 Å². The van der Waals surface area contributed by atoms with Gasteiger partial charge in [0.25, 0.3) is 0 Å². The van der Waals surface area contributed by atoms with E-state index in [2.05, 4.69) is 14.7 Å². The number of hydrogen-bond donors (Lipinski definition) is 2. The van der Waals surface area contributed by atoms with E-state index in [9.17, 15) is 13.2 Å². The maximum absolute atomic E-state index is 10.7. The predicted molar refractivity (Wildman–Crippen MR) is 47.5 cm³/mol. The third-order valence-corrected chi connectivity index (χ3v) is 1.74. The number of carboxylic acids is 1. The van der Waals surface area contributed by atoms with E-state index in [0.717, 1.165) is 18.6 Å². The summed E-state index contributed by atoms with van der Waals surface area (Å²) in [4.78, 5) is 17.4. The molecule has 1 aromatic rings. The highest BCUT2D eigenvalue weighted by atomic mass is 32.2. The molecule has 0 unspecified atom stereocenters. The summed E-state index contributed by atoms with van der Waals surface area (Å²) in [5.74, 6) is -1.24. The first kappa shape index (κ1) is 10.4. The highest BCUT2D eigenvalue weighted by molar-refractivity contribution is 7.92. The lowest BCUT2D eigenvalue weighted by atomic mass is 10.5. The SMILES string of the molecule is CS(=O)(=O)Nc1cnc(C(=O)O)cn1. The Morgan fingerprint density at radius 2 is 2.07 bits per heavy atom. The van der Waals surface area contributed by atoms with Gasteiger partial charge in [-0.3, -0.25) is 4.72 Å². The van der Waals surface area contributed by atoms with Crippen LogP contribution in [-0.2, 0) is 10.0 Å². The Bertz CT molecular complexity index is 439. The number of hydrogen-bond acceptors (Lipinski definition) is 5. The molecule has 7 nitrogen and oxygen atoms in total. The summed E-state index contributed by atoms with van der Waals surface area (Å²) in [6, 6.07) is 0. The van der Waals surface area contributed by atoms with Crippen LogP contribution in [-0.4, -0.2) is 35.7 Å². The van der Waals surface area contributed by atoms with Crippen molar-refractivity contribution < 1.29 is 18.3 Å². The molecule has 0 atom stereocenters. The first-order chi connectivity index (χ1) is 6.38. The number of carboxylic acid groups (broad SMARTS) is 1. The summed E-state index contributed by atoms with van der Waals surface area (Å²) in [7, 11) is -3.41. The molecule has 1 heterocycles. The van der Waals surface area contributed by atoms with E-state index in [4.69, 9.17) is 5.11 Å². The Labute approximate surface area is 79.9 Å². The molecule has 0 aromatic carbocycles. The average Bonchev–Trinajstić information content (AvgIpc) is 2.02. The van der Waals surface area contributed by atoms with Gasteiger partial charge in [-0.1, -0.05) is 0 Å². The number of nitrogens with zero attached hydrogens (tertiary/aromatic N) is 2. The third kappa shape index (κ3) is 2.98. The van der Waals surface area contributed by atoms with Gasteiger partial charge in [-0.25, -0.2) is 23.2 Å². The van der Waals surface area contributed by atoms with Crippen molar-refractivity contribution in [3.05, 3.63) is 18.1 Å². The van der Waals surface area contributed by atoms with Gasteiger partial charge in [-0.05, 0) is 0 Å². The summed E-state index contributed by atoms with van der Waals surface area (Å²) in [6.45, 7) is 0. The Hall–Kier alpha value is -1.70. The predicted octanol–water partition coefficient (Wildman–Crippen LogP) is -0.454. The second kappa shape index (κ2) is 3.58. The van der Waals surface area contributed by atoms with Crippen molar-refractivity contribution in [2.75, 3.05) is 11.0 Å². The van der Waals surface area contributed by atoms with Crippen molar-refractivity contribution in [1.29, 1.82) is 0 Å². The van der Waals surface area contributed by atoms with Gasteiger partial charge in [-0.2, -0.15) is 0 Å². The zero-order valence-corrected chi connectivity index (χ0v) is 7.95. The minimum absolute atomic E-state index is 0.0162. The maximum atomic E-state index is 10.7. The second-order valence-corrected chi connectivity index (χ2v) is 4.21. The average molecular weight is 217 g/mol. The fourth-order valence-electron chi connectivity index (χ4n) is 0.681. The smallest absolute Gasteiger partial charge is 0.356 e. The molecule has 0 aliphatic heterocycles. The van der Waals surface area contributed by atoms with Crippen molar-refractivity contribution >= 4 is 21.8 Å². The Morgan fingerprint density at radius 3 is 2.43 bits per heavy atom. The number of carbonyl (C=O) groups is 1. The van der Waals surface area contributed by atoms with Crippen molar-refractivity contribution in [1.82, 2.24) is 9.97 Å². The summed E-state index contributed by atoms with van der Waals surface area (Å²) in [5, 5.41) is 8.47. The van der Waals surface area contributed by atoms with Crippen LogP contribution in [0.25, 0.3) is 0 Å². The molecule has 0 amide bonds. The number of nitrogens with one attached hydrogen (secondary N) is 1. The van der Waals surface area contributed by atoms with Crippen LogP contribution >= 0.6 is 0 Å². The number of sulfonamides is 1. The highest BCUT2D eigenvalue weighted by Crippen LogP contribution is 2.02. The fraction of sp³-hybridized carbons (Fsp3) is 0.167. The zero-order valence-electron chi connectivity index (χ0n) is 7.13. The summed E-state index contributed by atoms with van der Waals surface area (Å²) in [5.41, 5.74) is -0.246. The molecule has 0 aliphatic carbocycles. The van der Waals surface area contributed by atoms with Gasteiger partial charge in [0.15, 0.2) is 11.5 Å². The van der Waals surface area contributed by atoms with E-state index in [-0.39, 0.29) is 11.5 Å². The van der Waals surface area contributed by atoms with Crippen molar-refractivity contribution in [3.8, 4) is 0 Å². The van der Waals surface area contributed by atoms with Gasteiger partial charge in [0.05, 0.1) is 18.6 Å². The molecule has 0 saturated carbocycles. The number of aromatic nitrogens is 2. The van der Waals surface area contributed by atoms with E-state index in [1.165, 1.54) is 0 Å². The van der Waals surface area contributed by atoms with Crippen molar-refractivity contribution in [2.24, 2.45) is 0 Å². The molecule has 0 fully saturated rings. The molecule has 1 aromatic heterocycles. The van der Waals surface area contributed by atoms with E-state index in [1.807, 2.05) is 0 Å². The van der Waals surface area contributed by atoms with Crippen LogP contribution in [0.5, 0.6) is 0 Å². The first-order valence-electron chi connectivity index (χ1n) is 3.41. The van der Waals surface area contributed by atoms with Gasteiger partial charge in [-0.15, -0.1) is 0 Å². The summed E-state index contributed by atoms with van der Waals surface area (Å²) < 4.78 is 23.5. The highest BCUT2D eigenvalue weighted by Gasteiger charge is 2.06. The molecule has 0 saturated heterocycles. The minimum atomic E-state index is -3.41. The molecule has 0 radical (unpaired) electrons. The lowest BCUT2D eigenvalue weighted by molar-refractivity contribution is 0.0690. The van der Waals surface area contributed by atoms with E-state index in [1.54, 1.807) is 0 Å². The van der Waals surface area contributed by atoms with Crippen LogP contribution in [0.4, 0.5) is 5.82 Å². The molecule has 0 bridgehead atoms. The van der Waals surface area contributed by atoms with Crippen LogP contribution in [0.15, 0.2) is 12.4 Å². The number of aromatic carboxylic acids is 1. The van der Waals surface area contributed by atoms with Crippen LogP contribution in [0, 0.1) is 0 Å². The van der Waals surface area contributed by atoms with Gasteiger partial charge in [0.2, 0.25) is 10.0 Å². The summed E-state index contributed by atoms with van der Waals surface area (Å²) >= 11 is 0. The van der Waals surface area contributed by atoms with Crippen LogP contribution in [0.2, 0.25) is 0 Å². The number of rotatable bonds is 3.